The van der Waals surface area contributed by atoms with Crippen molar-refractivity contribution in [3.8, 4) is 0 Å². The van der Waals surface area contributed by atoms with Gasteiger partial charge in [0.25, 0.3) is 0 Å². The minimum Gasteiger partial charge on any atom is -0.384 e. The lowest BCUT2D eigenvalue weighted by molar-refractivity contribution is -0.137. The van der Waals surface area contributed by atoms with Gasteiger partial charge in [0, 0.05) is 18.7 Å². The summed E-state index contributed by atoms with van der Waals surface area (Å²) in [5.74, 6) is -0.467. The van der Waals surface area contributed by atoms with Crippen LogP contribution < -0.4 is 10.6 Å². The third kappa shape index (κ3) is 4.50. The Hall–Kier alpha value is -2.50. The molecule has 0 heterocycles. The van der Waals surface area contributed by atoms with Crippen molar-refractivity contribution in [3.63, 3.8) is 0 Å². The topological polar surface area (TPSA) is 41.1 Å². The molecule has 0 aliphatic carbocycles. The van der Waals surface area contributed by atoms with Crippen LogP contribution in [0.4, 0.5) is 24.5 Å². The number of halogens is 3. The summed E-state index contributed by atoms with van der Waals surface area (Å²) in [6.07, 6.45) is -4.43. The second-order valence-electron chi connectivity index (χ2n) is 5.54. The second kappa shape index (κ2) is 7.38. The molecule has 0 saturated heterocycles. The van der Waals surface area contributed by atoms with Gasteiger partial charge in [-0.1, -0.05) is 30.3 Å². The number of aryl methyl sites for hydroxylation is 2. The average Bonchev–Trinajstić information content (AvgIpc) is 2.49. The van der Waals surface area contributed by atoms with Crippen LogP contribution in [0.15, 0.2) is 42.5 Å². The number of rotatable bonds is 5. The number of anilines is 2. The highest BCUT2D eigenvalue weighted by molar-refractivity contribution is 5.91. The van der Waals surface area contributed by atoms with Crippen LogP contribution in [0.3, 0.4) is 0 Å². The summed E-state index contributed by atoms with van der Waals surface area (Å²) in [7, 11) is 0. The van der Waals surface area contributed by atoms with Gasteiger partial charge in [0.05, 0.1) is 11.3 Å². The summed E-state index contributed by atoms with van der Waals surface area (Å²) in [5.41, 5.74) is 1.99. The highest BCUT2D eigenvalue weighted by Crippen LogP contribution is 2.34. The predicted molar refractivity (Wildman–Crippen MR) is 89.1 cm³/mol. The van der Waals surface area contributed by atoms with Crippen LogP contribution in [-0.4, -0.2) is 12.5 Å². The van der Waals surface area contributed by atoms with E-state index in [-0.39, 0.29) is 12.1 Å². The molecule has 128 valence electrons. The summed E-state index contributed by atoms with van der Waals surface area (Å²) in [6.45, 7) is 4.25. The Morgan fingerprint density at radius 2 is 1.62 bits per heavy atom. The summed E-state index contributed by atoms with van der Waals surface area (Å²) in [6, 6.07) is 10.8. The summed E-state index contributed by atoms with van der Waals surface area (Å²) in [4.78, 5) is 11.9. The molecule has 6 heteroatoms. The molecule has 0 radical (unpaired) electrons. The molecule has 2 N–H and O–H groups in total. The van der Waals surface area contributed by atoms with Gasteiger partial charge in [-0.3, -0.25) is 4.79 Å². The molecule has 0 saturated carbocycles. The van der Waals surface area contributed by atoms with Gasteiger partial charge in [-0.15, -0.1) is 0 Å². The number of para-hydroxylation sites is 2. The molecule has 0 aliphatic rings. The highest BCUT2D eigenvalue weighted by atomic mass is 19.4. The van der Waals surface area contributed by atoms with E-state index in [4.69, 9.17) is 0 Å². The third-order valence-corrected chi connectivity index (χ3v) is 3.64. The Balaban J connectivity index is 1.95. The smallest absolute Gasteiger partial charge is 0.384 e. The van der Waals surface area contributed by atoms with E-state index in [9.17, 15) is 18.0 Å². The fraction of sp³-hybridized carbons (Fsp3) is 0.278. The fourth-order valence-electron chi connectivity index (χ4n) is 2.45. The summed E-state index contributed by atoms with van der Waals surface area (Å²) < 4.78 is 38.7. The first kappa shape index (κ1) is 17.8. The lowest BCUT2D eigenvalue weighted by Gasteiger charge is -2.15. The first-order chi connectivity index (χ1) is 11.3. The molecule has 1 amide bonds. The first-order valence-corrected chi connectivity index (χ1v) is 7.55. The largest absolute Gasteiger partial charge is 0.418 e. The first-order valence-electron chi connectivity index (χ1n) is 7.55. The molecule has 24 heavy (non-hydrogen) atoms. The quantitative estimate of drug-likeness (QED) is 0.826. The molecule has 0 spiro atoms. The molecule has 2 aromatic carbocycles. The number of hydrogen-bond acceptors (Lipinski definition) is 2. The lowest BCUT2D eigenvalue weighted by Crippen LogP contribution is -2.19. The molecule has 0 unspecified atom stereocenters. The van der Waals surface area contributed by atoms with E-state index < -0.39 is 17.6 Å². The normalized spacial score (nSPS) is 11.2. The SMILES string of the molecule is Cc1cccc(C)c1NCCC(=O)Nc1ccccc1C(F)(F)F. The Morgan fingerprint density at radius 3 is 2.25 bits per heavy atom. The van der Waals surface area contributed by atoms with Crippen molar-refractivity contribution in [1.29, 1.82) is 0 Å². The zero-order valence-electron chi connectivity index (χ0n) is 13.5. The Bertz CT molecular complexity index is 706. The van der Waals surface area contributed by atoms with Crippen molar-refractivity contribution >= 4 is 17.3 Å². The van der Waals surface area contributed by atoms with E-state index in [1.807, 2.05) is 32.0 Å². The van der Waals surface area contributed by atoms with Crippen LogP contribution in [-0.2, 0) is 11.0 Å². The van der Waals surface area contributed by atoms with Crippen LogP contribution in [0.2, 0.25) is 0 Å². The van der Waals surface area contributed by atoms with Gasteiger partial charge in [-0.05, 0) is 37.1 Å². The second-order valence-corrected chi connectivity index (χ2v) is 5.54. The molecule has 0 bridgehead atoms. The maximum absolute atomic E-state index is 12.9. The summed E-state index contributed by atoms with van der Waals surface area (Å²) in [5, 5.41) is 5.49. The van der Waals surface area contributed by atoms with E-state index in [0.717, 1.165) is 22.9 Å². The molecular formula is C18H19F3N2O. The molecule has 2 aromatic rings. The number of hydrogen-bond donors (Lipinski definition) is 2. The maximum Gasteiger partial charge on any atom is 0.418 e. The monoisotopic (exact) mass is 336 g/mol. The standard InChI is InChI=1S/C18H19F3N2O/c1-12-6-5-7-13(2)17(12)22-11-10-16(24)23-15-9-4-3-8-14(15)18(19,20)21/h3-9,22H,10-11H2,1-2H3,(H,23,24). The molecular weight excluding hydrogens is 317 g/mol. The Labute approximate surface area is 138 Å². The lowest BCUT2D eigenvalue weighted by atomic mass is 10.1. The predicted octanol–water partition coefficient (Wildman–Crippen LogP) is 4.76. The number of carbonyl (C=O) groups excluding carboxylic acids is 1. The minimum atomic E-state index is -4.50. The van der Waals surface area contributed by atoms with Crippen molar-refractivity contribution in [2.24, 2.45) is 0 Å². The van der Waals surface area contributed by atoms with Crippen molar-refractivity contribution in [2.45, 2.75) is 26.4 Å². The van der Waals surface area contributed by atoms with E-state index >= 15 is 0 Å². The van der Waals surface area contributed by atoms with Crippen molar-refractivity contribution < 1.29 is 18.0 Å². The number of benzene rings is 2. The molecule has 3 nitrogen and oxygen atoms in total. The minimum absolute atomic E-state index is 0.0694. The van der Waals surface area contributed by atoms with Gasteiger partial charge in [0.1, 0.15) is 0 Å². The molecule has 0 aromatic heterocycles. The highest BCUT2D eigenvalue weighted by Gasteiger charge is 2.33. The fourth-order valence-corrected chi connectivity index (χ4v) is 2.45. The zero-order chi connectivity index (χ0) is 17.7. The van der Waals surface area contributed by atoms with Crippen LogP contribution in [0, 0.1) is 13.8 Å². The van der Waals surface area contributed by atoms with Gasteiger partial charge < -0.3 is 10.6 Å². The van der Waals surface area contributed by atoms with E-state index in [1.54, 1.807) is 0 Å². The molecule has 0 atom stereocenters. The van der Waals surface area contributed by atoms with Crippen molar-refractivity contribution in [1.82, 2.24) is 0 Å². The summed E-state index contributed by atoms with van der Waals surface area (Å²) >= 11 is 0. The zero-order valence-corrected chi connectivity index (χ0v) is 13.5. The third-order valence-electron chi connectivity index (χ3n) is 3.64. The van der Waals surface area contributed by atoms with Gasteiger partial charge >= 0.3 is 6.18 Å². The molecule has 2 rings (SSSR count). The molecule has 0 fully saturated rings. The van der Waals surface area contributed by atoms with Gasteiger partial charge in [0.2, 0.25) is 5.91 Å². The van der Waals surface area contributed by atoms with Crippen molar-refractivity contribution in [2.75, 3.05) is 17.2 Å². The number of amides is 1. The van der Waals surface area contributed by atoms with Crippen LogP contribution >= 0.6 is 0 Å². The van der Waals surface area contributed by atoms with Crippen LogP contribution in [0.1, 0.15) is 23.1 Å². The number of alkyl halides is 3. The van der Waals surface area contributed by atoms with Gasteiger partial charge in [0.15, 0.2) is 0 Å². The van der Waals surface area contributed by atoms with Crippen LogP contribution in [0.5, 0.6) is 0 Å². The Kier molecular flexibility index (Phi) is 5.49. The van der Waals surface area contributed by atoms with E-state index in [2.05, 4.69) is 10.6 Å². The number of carbonyl (C=O) groups is 1. The van der Waals surface area contributed by atoms with Crippen LogP contribution in [0.25, 0.3) is 0 Å². The van der Waals surface area contributed by atoms with Gasteiger partial charge in [-0.2, -0.15) is 13.2 Å². The van der Waals surface area contributed by atoms with E-state index in [1.165, 1.54) is 18.2 Å². The van der Waals surface area contributed by atoms with Gasteiger partial charge in [-0.25, -0.2) is 0 Å². The molecule has 0 aliphatic heterocycles. The maximum atomic E-state index is 12.9. The Morgan fingerprint density at radius 1 is 1.00 bits per heavy atom. The average molecular weight is 336 g/mol. The van der Waals surface area contributed by atoms with Crippen molar-refractivity contribution in [3.05, 3.63) is 59.2 Å². The van der Waals surface area contributed by atoms with E-state index in [0.29, 0.717) is 6.54 Å². The number of nitrogens with one attached hydrogen (secondary N) is 2.